The van der Waals surface area contributed by atoms with Crippen LogP contribution in [0.5, 0.6) is 0 Å². The normalized spacial score (nSPS) is 14.8. The van der Waals surface area contributed by atoms with E-state index in [1.165, 1.54) is 104 Å². The summed E-state index contributed by atoms with van der Waals surface area (Å²) in [7, 11) is 0. The van der Waals surface area contributed by atoms with Crippen LogP contribution >= 0.6 is 0 Å². The molecule has 0 nitrogen and oxygen atoms in total. The minimum absolute atomic E-state index is 0.217. The van der Waals surface area contributed by atoms with Crippen molar-refractivity contribution in [3.63, 3.8) is 0 Å². The summed E-state index contributed by atoms with van der Waals surface area (Å²) in [6, 6.07) is 74.4. The van der Waals surface area contributed by atoms with E-state index in [9.17, 15) is 0 Å². The van der Waals surface area contributed by atoms with Gasteiger partial charge in [-0.15, -0.1) is 0 Å². The Morgan fingerprint density at radius 2 is 0.926 bits per heavy atom. The third-order valence-electron chi connectivity index (χ3n) is 12.1. The molecular formula is C54H36. The predicted octanol–water partition coefficient (Wildman–Crippen LogP) is 14.6. The van der Waals surface area contributed by atoms with Gasteiger partial charge in [-0.2, -0.15) is 0 Å². The summed E-state index contributed by atoms with van der Waals surface area (Å²) < 4.78 is 0. The Morgan fingerprint density at radius 3 is 1.74 bits per heavy atom. The standard InChI is InChI=1S/C54H36/c1-54(44-19-3-2-4-20-44)51-24-10-9-23-47(51)50-32-40-26-25-39(31-43(40)34-52(50)54)37-16-11-15-36(29-37)38-17-12-18-42(30-38)53-46-22-8-6-14-41(46)33-49-45-21-7-5-13-35(45)27-28-48(49)53/h2-34H,1H3. The van der Waals surface area contributed by atoms with Crippen LogP contribution in [0.3, 0.4) is 0 Å². The van der Waals surface area contributed by atoms with Crippen molar-refractivity contribution in [3.8, 4) is 44.5 Å². The third kappa shape index (κ3) is 4.63. The van der Waals surface area contributed by atoms with Gasteiger partial charge in [-0.3, -0.25) is 0 Å². The first-order chi connectivity index (χ1) is 26.6. The topological polar surface area (TPSA) is 0 Å². The zero-order valence-electron chi connectivity index (χ0n) is 30.1. The summed E-state index contributed by atoms with van der Waals surface area (Å²) >= 11 is 0. The van der Waals surface area contributed by atoms with Crippen LogP contribution in [-0.2, 0) is 5.41 Å². The molecular weight excluding hydrogens is 649 g/mol. The minimum atomic E-state index is -0.217. The molecule has 0 aliphatic heterocycles. The van der Waals surface area contributed by atoms with Gasteiger partial charge >= 0.3 is 0 Å². The Morgan fingerprint density at radius 1 is 0.296 bits per heavy atom. The van der Waals surface area contributed by atoms with E-state index in [0.717, 1.165) is 0 Å². The Labute approximate surface area is 315 Å². The summed E-state index contributed by atoms with van der Waals surface area (Å²) in [5.41, 5.74) is 13.9. The maximum absolute atomic E-state index is 2.45. The molecule has 0 heterocycles. The highest BCUT2D eigenvalue weighted by molar-refractivity contribution is 6.20. The summed E-state index contributed by atoms with van der Waals surface area (Å²) in [6.45, 7) is 2.39. The number of hydrogen-bond donors (Lipinski definition) is 0. The average Bonchev–Trinajstić information content (AvgIpc) is 3.49. The molecule has 11 rings (SSSR count). The summed E-state index contributed by atoms with van der Waals surface area (Å²) in [5.74, 6) is 0. The second-order valence-electron chi connectivity index (χ2n) is 15.0. The maximum atomic E-state index is 2.45. The van der Waals surface area contributed by atoms with Crippen molar-refractivity contribution in [2.45, 2.75) is 12.3 Å². The van der Waals surface area contributed by atoms with Crippen LogP contribution in [0.25, 0.3) is 87.6 Å². The summed E-state index contributed by atoms with van der Waals surface area (Å²) in [4.78, 5) is 0. The molecule has 10 aromatic carbocycles. The van der Waals surface area contributed by atoms with Gasteiger partial charge in [0.2, 0.25) is 0 Å². The maximum Gasteiger partial charge on any atom is 0.0435 e. The van der Waals surface area contributed by atoms with Crippen LogP contribution in [0.1, 0.15) is 23.6 Å². The predicted molar refractivity (Wildman–Crippen MR) is 230 cm³/mol. The molecule has 0 heteroatoms. The van der Waals surface area contributed by atoms with Crippen LogP contribution in [0.4, 0.5) is 0 Å². The molecule has 1 aliphatic rings. The molecule has 0 amide bonds. The van der Waals surface area contributed by atoms with E-state index in [4.69, 9.17) is 0 Å². The van der Waals surface area contributed by atoms with Crippen molar-refractivity contribution in [1.29, 1.82) is 0 Å². The molecule has 0 saturated heterocycles. The van der Waals surface area contributed by atoms with Gasteiger partial charge in [-0.25, -0.2) is 0 Å². The first kappa shape index (κ1) is 30.8. The van der Waals surface area contributed by atoms with Gasteiger partial charge in [0.15, 0.2) is 0 Å². The van der Waals surface area contributed by atoms with E-state index >= 15 is 0 Å². The van der Waals surface area contributed by atoms with Crippen LogP contribution in [0, 0.1) is 0 Å². The fourth-order valence-electron chi connectivity index (χ4n) is 9.36. The van der Waals surface area contributed by atoms with Gasteiger partial charge in [-0.1, -0.05) is 164 Å². The van der Waals surface area contributed by atoms with Crippen molar-refractivity contribution < 1.29 is 0 Å². The fraction of sp³-hybridized carbons (Fsp3) is 0.0370. The Balaban J connectivity index is 1.02. The lowest BCUT2D eigenvalue weighted by atomic mass is 9.74. The van der Waals surface area contributed by atoms with E-state index in [-0.39, 0.29) is 5.41 Å². The summed E-state index contributed by atoms with van der Waals surface area (Å²) in [6.07, 6.45) is 0. The average molecular weight is 685 g/mol. The highest BCUT2D eigenvalue weighted by atomic mass is 14.4. The highest BCUT2D eigenvalue weighted by Crippen LogP contribution is 2.53. The molecule has 10 aromatic rings. The van der Waals surface area contributed by atoms with Crippen molar-refractivity contribution in [2.75, 3.05) is 0 Å². The smallest absolute Gasteiger partial charge is 0.0435 e. The molecule has 0 bridgehead atoms. The quantitative estimate of drug-likeness (QED) is 0.128. The molecule has 0 aromatic heterocycles. The number of rotatable bonds is 4. The molecule has 1 unspecified atom stereocenters. The molecule has 54 heavy (non-hydrogen) atoms. The lowest BCUT2D eigenvalue weighted by Crippen LogP contribution is -2.22. The van der Waals surface area contributed by atoms with Crippen molar-refractivity contribution in [1.82, 2.24) is 0 Å². The van der Waals surface area contributed by atoms with Gasteiger partial charge in [0.25, 0.3) is 0 Å². The minimum Gasteiger partial charge on any atom is -0.0622 e. The summed E-state index contributed by atoms with van der Waals surface area (Å²) in [5, 5.41) is 10.2. The Bertz CT molecular complexity index is 3110. The van der Waals surface area contributed by atoms with Crippen LogP contribution < -0.4 is 0 Å². The number of fused-ring (bicyclic) bond motifs is 8. The zero-order valence-corrected chi connectivity index (χ0v) is 30.1. The monoisotopic (exact) mass is 684 g/mol. The van der Waals surface area contributed by atoms with Crippen LogP contribution in [0.15, 0.2) is 200 Å². The first-order valence-corrected chi connectivity index (χ1v) is 18.9. The SMILES string of the molecule is CC1(c2ccccc2)c2ccccc2-c2cc3ccc(-c4cccc(-c5cccc(-c6c7ccccc7cc7c6ccc6ccccc67)c5)c4)cc3cc21. The molecule has 0 radical (unpaired) electrons. The van der Waals surface area contributed by atoms with E-state index in [2.05, 4.69) is 207 Å². The molecule has 1 atom stereocenters. The second-order valence-corrected chi connectivity index (χ2v) is 15.0. The lowest BCUT2D eigenvalue weighted by molar-refractivity contribution is 0.715. The molecule has 252 valence electrons. The van der Waals surface area contributed by atoms with Gasteiger partial charge in [0.1, 0.15) is 0 Å². The van der Waals surface area contributed by atoms with Crippen molar-refractivity contribution >= 4 is 43.1 Å². The van der Waals surface area contributed by atoms with Crippen molar-refractivity contribution in [2.24, 2.45) is 0 Å². The lowest BCUT2D eigenvalue weighted by Gasteiger charge is -2.28. The molecule has 0 saturated carbocycles. The Kier molecular flexibility index (Phi) is 6.78. The Hall–Kier alpha value is -6.76. The second kappa shape index (κ2) is 11.9. The molecule has 0 N–H and O–H groups in total. The van der Waals surface area contributed by atoms with Crippen molar-refractivity contribution in [3.05, 3.63) is 217 Å². The van der Waals surface area contributed by atoms with E-state index in [1.807, 2.05) is 0 Å². The van der Waals surface area contributed by atoms with Crippen LogP contribution in [-0.4, -0.2) is 0 Å². The highest BCUT2D eigenvalue weighted by Gasteiger charge is 2.40. The largest absolute Gasteiger partial charge is 0.0622 e. The molecule has 1 aliphatic carbocycles. The van der Waals surface area contributed by atoms with Gasteiger partial charge in [0, 0.05) is 5.41 Å². The molecule has 0 fully saturated rings. The van der Waals surface area contributed by atoms with Crippen LogP contribution in [0.2, 0.25) is 0 Å². The molecule has 0 spiro atoms. The fourth-order valence-corrected chi connectivity index (χ4v) is 9.36. The third-order valence-corrected chi connectivity index (χ3v) is 12.1. The zero-order chi connectivity index (χ0) is 35.8. The number of benzene rings is 10. The first-order valence-electron chi connectivity index (χ1n) is 18.9. The van der Waals surface area contributed by atoms with Gasteiger partial charge in [0.05, 0.1) is 0 Å². The van der Waals surface area contributed by atoms with Gasteiger partial charge in [-0.05, 0) is 148 Å². The van der Waals surface area contributed by atoms with E-state index in [1.54, 1.807) is 0 Å². The van der Waals surface area contributed by atoms with Gasteiger partial charge < -0.3 is 0 Å². The number of hydrogen-bond acceptors (Lipinski definition) is 0. The van der Waals surface area contributed by atoms with E-state index in [0.29, 0.717) is 0 Å². The van der Waals surface area contributed by atoms with E-state index < -0.39 is 0 Å².